The topological polar surface area (TPSA) is 49.4 Å². The second-order valence-corrected chi connectivity index (χ2v) is 4.54. The number of hydrogen-bond acceptors (Lipinski definition) is 2. The third kappa shape index (κ3) is 4.93. The summed E-state index contributed by atoms with van der Waals surface area (Å²) in [6, 6.07) is 0. The number of nitrogens with zero attached hydrogens (tertiary/aromatic N) is 1. The van der Waals surface area contributed by atoms with E-state index in [1.165, 1.54) is 4.90 Å². The van der Waals surface area contributed by atoms with Crippen molar-refractivity contribution in [1.82, 2.24) is 10.2 Å². The molecule has 1 fully saturated rings. The van der Waals surface area contributed by atoms with Crippen LogP contribution in [0.4, 0.5) is 13.2 Å². The van der Waals surface area contributed by atoms with Crippen LogP contribution in [0.2, 0.25) is 0 Å². The Morgan fingerprint density at radius 2 is 2.11 bits per heavy atom. The van der Waals surface area contributed by atoms with Gasteiger partial charge in [-0.15, -0.1) is 0 Å². The molecule has 1 saturated heterocycles. The molecule has 1 heterocycles. The van der Waals surface area contributed by atoms with Gasteiger partial charge in [0, 0.05) is 33.0 Å². The first-order chi connectivity index (χ1) is 8.29. The van der Waals surface area contributed by atoms with E-state index >= 15 is 0 Å². The van der Waals surface area contributed by atoms with Gasteiger partial charge in [-0.1, -0.05) is 0 Å². The third-order valence-corrected chi connectivity index (χ3v) is 2.90. The van der Waals surface area contributed by atoms with Crippen molar-refractivity contribution < 1.29 is 22.8 Å². The molecule has 1 aliphatic rings. The zero-order valence-electron chi connectivity index (χ0n) is 10.2. The fraction of sp³-hybridized carbons (Fsp3) is 0.818. The Morgan fingerprint density at radius 3 is 2.61 bits per heavy atom. The van der Waals surface area contributed by atoms with Gasteiger partial charge >= 0.3 is 6.18 Å². The lowest BCUT2D eigenvalue weighted by molar-refractivity contribution is -0.135. The van der Waals surface area contributed by atoms with Crippen molar-refractivity contribution in [3.05, 3.63) is 0 Å². The fourth-order valence-corrected chi connectivity index (χ4v) is 1.85. The van der Waals surface area contributed by atoms with Crippen molar-refractivity contribution in [3.63, 3.8) is 0 Å². The quantitative estimate of drug-likeness (QED) is 0.763. The summed E-state index contributed by atoms with van der Waals surface area (Å²) >= 11 is 0. The Labute approximate surface area is 104 Å². The van der Waals surface area contributed by atoms with Crippen molar-refractivity contribution in [2.75, 3.05) is 20.1 Å². The minimum Gasteiger partial charge on any atom is -0.356 e. The molecule has 0 saturated carbocycles. The summed E-state index contributed by atoms with van der Waals surface area (Å²) in [4.78, 5) is 24.3. The van der Waals surface area contributed by atoms with Gasteiger partial charge in [-0.2, -0.15) is 13.2 Å². The molecule has 0 unspecified atom stereocenters. The zero-order chi connectivity index (χ0) is 13.8. The summed E-state index contributed by atoms with van der Waals surface area (Å²) in [7, 11) is 1.62. The summed E-state index contributed by atoms with van der Waals surface area (Å²) < 4.78 is 35.5. The second-order valence-electron chi connectivity index (χ2n) is 4.54. The van der Waals surface area contributed by atoms with Crippen LogP contribution < -0.4 is 5.32 Å². The highest BCUT2D eigenvalue weighted by Crippen LogP contribution is 2.22. The van der Waals surface area contributed by atoms with Gasteiger partial charge in [-0.3, -0.25) is 9.59 Å². The Hall–Kier alpha value is -1.27. The molecule has 1 N–H and O–H groups in total. The highest BCUT2D eigenvalue weighted by atomic mass is 19.4. The lowest BCUT2D eigenvalue weighted by Gasteiger charge is -2.11. The molecule has 0 bridgehead atoms. The molecule has 7 heteroatoms. The van der Waals surface area contributed by atoms with Crippen LogP contribution in [-0.2, 0) is 9.59 Å². The van der Waals surface area contributed by atoms with Crippen molar-refractivity contribution >= 4 is 11.8 Å². The lowest BCUT2D eigenvalue weighted by Crippen LogP contribution is -2.32. The molecule has 0 aromatic heterocycles. The number of rotatable bonds is 5. The predicted octanol–water partition coefficient (Wildman–Crippen LogP) is 1.31. The Bertz CT molecular complexity index is 318. The van der Waals surface area contributed by atoms with E-state index in [4.69, 9.17) is 0 Å². The van der Waals surface area contributed by atoms with Crippen molar-refractivity contribution in [3.8, 4) is 0 Å². The van der Waals surface area contributed by atoms with Crippen LogP contribution in [0, 0.1) is 5.92 Å². The number of amides is 2. The summed E-state index contributed by atoms with van der Waals surface area (Å²) in [5.41, 5.74) is 0. The van der Waals surface area contributed by atoms with Crippen molar-refractivity contribution in [2.24, 2.45) is 5.92 Å². The molecule has 1 rings (SSSR count). The van der Waals surface area contributed by atoms with Gasteiger partial charge in [0.25, 0.3) is 0 Å². The number of unbranched alkanes of at least 4 members (excludes halogenated alkanes) is 1. The molecule has 0 aromatic carbocycles. The molecule has 104 valence electrons. The summed E-state index contributed by atoms with van der Waals surface area (Å²) in [5.74, 6) is -0.697. The van der Waals surface area contributed by atoms with Gasteiger partial charge in [0.05, 0.1) is 5.92 Å². The lowest BCUT2D eigenvalue weighted by atomic mass is 10.1. The van der Waals surface area contributed by atoms with Crippen LogP contribution >= 0.6 is 0 Å². The Kier molecular flexibility index (Phi) is 4.98. The van der Waals surface area contributed by atoms with E-state index in [9.17, 15) is 22.8 Å². The minimum atomic E-state index is -4.13. The smallest absolute Gasteiger partial charge is 0.356 e. The van der Waals surface area contributed by atoms with Gasteiger partial charge in [0.15, 0.2) is 0 Å². The number of likely N-dealkylation sites (tertiary alicyclic amines) is 1. The van der Waals surface area contributed by atoms with Crippen LogP contribution in [0.5, 0.6) is 0 Å². The Morgan fingerprint density at radius 1 is 1.44 bits per heavy atom. The van der Waals surface area contributed by atoms with Crippen LogP contribution in [0.15, 0.2) is 0 Å². The zero-order valence-corrected chi connectivity index (χ0v) is 10.2. The maximum atomic E-state index is 11.8. The number of alkyl halides is 3. The molecule has 0 aromatic rings. The molecule has 0 radical (unpaired) electrons. The fourth-order valence-electron chi connectivity index (χ4n) is 1.85. The molecular formula is C11H17F3N2O2. The van der Waals surface area contributed by atoms with E-state index in [1.807, 2.05) is 0 Å². The van der Waals surface area contributed by atoms with Gasteiger partial charge in [-0.05, 0) is 12.8 Å². The van der Waals surface area contributed by atoms with Crippen molar-refractivity contribution in [1.29, 1.82) is 0 Å². The van der Waals surface area contributed by atoms with Crippen LogP contribution in [0.25, 0.3) is 0 Å². The average Bonchev–Trinajstić information content (AvgIpc) is 2.57. The monoisotopic (exact) mass is 266 g/mol. The van der Waals surface area contributed by atoms with Gasteiger partial charge in [0.2, 0.25) is 11.8 Å². The second kappa shape index (κ2) is 6.06. The maximum absolute atomic E-state index is 11.8. The maximum Gasteiger partial charge on any atom is 0.389 e. The van der Waals surface area contributed by atoms with Gasteiger partial charge in [0.1, 0.15) is 0 Å². The summed E-state index contributed by atoms with van der Waals surface area (Å²) in [5, 5.41) is 2.57. The van der Waals surface area contributed by atoms with E-state index in [0.29, 0.717) is 13.0 Å². The van der Waals surface area contributed by atoms with Gasteiger partial charge in [-0.25, -0.2) is 0 Å². The first-order valence-corrected chi connectivity index (χ1v) is 5.88. The van der Waals surface area contributed by atoms with Crippen LogP contribution in [0.1, 0.15) is 25.7 Å². The third-order valence-electron chi connectivity index (χ3n) is 2.90. The number of hydrogen-bond donors (Lipinski definition) is 1. The molecular weight excluding hydrogens is 249 g/mol. The van der Waals surface area contributed by atoms with Crippen molar-refractivity contribution in [2.45, 2.75) is 31.9 Å². The van der Waals surface area contributed by atoms with E-state index < -0.39 is 12.6 Å². The summed E-state index contributed by atoms with van der Waals surface area (Å²) in [6.45, 7) is 0.608. The normalized spacial score (nSPS) is 20.3. The largest absolute Gasteiger partial charge is 0.389 e. The Balaban J connectivity index is 2.13. The number of halogens is 3. The average molecular weight is 266 g/mol. The molecule has 0 aliphatic carbocycles. The minimum absolute atomic E-state index is 0.00722. The standard InChI is InChI=1S/C11H17F3N2O2/c1-16-7-8(6-9(16)17)10(18)15-5-3-2-4-11(12,13)14/h8H,2-7H2,1H3,(H,15,18)/t8-/m0/s1. The molecule has 1 atom stereocenters. The van der Waals surface area contributed by atoms with Gasteiger partial charge < -0.3 is 10.2 Å². The number of carbonyl (C=O) groups excluding carboxylic acids is 2. The predicted molar refractivity (Wildman–Crippen MR) is 58.7 cm³/mol. The van der Waals surface area contributed by atoms with E-state index in [2.05, 4.69) is 5.32 Å². The SMILES string of the molecule is CN1C[C@@H](C(=O)NCCCCC(F)(F)F)CC1=O. The molecule has 1 aliphatic heterocycles. The highest BCUT2D eigenvalue weighted by Gasteiger charge is 2.31. The highest BCUT2D eigenvalue weighted by molar-refractivity contribution is 5.89. The molecule has 0 spiro atoms. The molecule has 18 heavy (non-hydrogen) atoms. The number of nitrogens with one attached hydrogen (secondary N) is 1. The first kappa shape index (κ1) is 14.8. The van der Waals surface area contributed by atoms with E-state index in [1.54, 1.807) is 7.05 Å². The van der Waals surface area contributed by atoms with Crippen LogP contribution in [0.3, 0.4) is 0 Å². The summed E-state index contributed by atoms with van der Waals surface area (Å²) in [6.07, 6.45) is -4.47. The molecule has 4 nitrogen and oxygen atoms in total. The van der Waals surface area contributed by atoms with E-state index in [-0.39, 0.29) is 37.1 Å². The molecule has 2 amide bonds. The first-order valence-electron chi connectivity index (χ1n) is 5.88. The number of carbonyl (C=O) groups is 2. The van der Waals surface area contributed by atoms with E-state index in [0.717, 1.165) is 0 Å². The van der Waals surface area contributed by atoms with Crippen LogP contribution in [-0.4, -0.2) is 43.0 Å².